The van der Waals surface area contributed by atoms with Crippen LogP contribution in [-0.2, 0) is 16.6 Å². The van der Waals surface area contributed by atoms with Gasteiger partial charge in [0.05, 0.1) is 12.2 Å². The summed E-state index contributed by atoms with van der Waals surface area (Å²) in [6, 6.07) is 16.9. The number of benzene rings is 1. The van der Waals surface area contributed by atoms with E-state index in [0.717, 1.165) is 17.0 Å². The van der Waals surface area contributed by atoms with Gasteiger partial charge in [0, 0.05) is 38.1 Å². The third-order valence-corrected chi connectivity index (χ3v) is 7.95. The van der Waals surface area contributed by atoms with E-state index in [1.54, 1.807) is 23.7 Å². The average molecular weight is 443 g/mol. The van der Waals surface area contributed by atoms with Crippen LogP contribution in [0.25, 0.3) is 0 Å². The molecule has 1 fully saturated rings. The van der Waals surface area contributed by atoms with E-state index in [1.165, 1.54) is 10.4 Å². The fourth-order valence-electron chi connectivity index (χ4n) is 3.38. The van der Waals surface area contributed by atoms with Crippen molar-refractivity contribution in [1.29, 1.82) is 0 Å². The molecule has 1 amide bonds. The summed E-state index contributed by atoms with van der Waals surface area (Å²) >= 11 is 1.13. The largest absolute Gasteiger partial charge is 0.369 e. The minimum Gasteiger partial charge on any atom is -0.369 e. The first-order chi connectivity index (χ1) is 14.6. The number of carbonyl (C=O) groups excluding carboxylic acids is 1. The van der Waals surface area contributed by atoms with E-state index in [4.69, 9.17) is 0 Å². The second-order valence-corrected chi connectivity index (χ2v) is 9.67. The number of amides is 1. The van der Waals surface area contributed by atoms with Crippen molar-refractivity contribution in [3.63, 3.8) is 0 Å². The second-order valence-electron chi connectivity index (χ2n) is 6.84. The molecule has 0 aliphatic carbocycles. The van der Waals surface area contributed by atoms with Gasteiger partial charge in [-0.15, -0.1) is 11.3 Å². The predicted molar refractivity (Wildman–Crippen MR) is 117 cm³/mol. The molecule has 156 valence electrons. The Labute approximate surface area is 180 Å². The lowest BCUT2D eigenvalue weighted by Crippen LogP contribution is -2.48. The lowest BCUT2D eigenvalue weighted by atomic mass is 10.2. The Balaban J connectivity index is 1.44. The molecule has 0 bridgehead atoms. The molecule has 0 spiro atoms. The van der Waals surface area contributed by atoms with E-state index in [2.05, 4.69) is 15.2 Å². The van der Waals surface area contributed by atoms with E-state index >= 15 is 0 Å². The zero-order valence-electron chi connectivity index (χ0n) is 16.3. The zero-order valence-corrected chi connectivity index (χ0v) is 17.9. The highest BCUT2D eigenvalue weighted by atomic mass is 32.2. The van der Waals surface area contributed by atoms with Crippen LogP contribution in [-0.4, -0.2) is 49.8 Å². The van der Waals surface area contributed by atoms with Gasteiger partial charge in [0.25, 0.3) is 5.91 Å². The lowest BCUT2D eigenvalue weighted by Gasteiger charge is -2.35. The molecule has 30 heavy (non-hydrogen) atoms. The van der Waals surface area contributed by atoms with Crippen LogP contribution in [0.4, 0.5) is 5.69 Å². The first-order valence-electron chi connectivity index (χ1n) is 9.61. The van der Waals surface area contributed by atoms with Gasteiger partial charge in [0.15, 0.2) is 0 Å². The van der Waals surface area contributed by atoms with Crippen LogP contribution < -0.4 is 10.2 Å². The van der Waals surface area contributed by atoms with Crippen molar-refractivity contribution in [3.8, 4) is 0 Å². The third kappa shape index (κ3) is 4.38. The predicted octanol–water partition coefficient (Wildman–Crippen LogP) is 2.58. The summed E-state index contributed by atoms with van der Waals surface area (Å²) in [6.45, 7) is 2.21. The Hall–Kier alpha value is -2.75. The summed E-state index contributed by atoms with van der Waals surface area (Å²) in [4.78, 5) is 19.3. The summed E-state index contributed by atoms with van der Waals surface area (Å²) in [6.07, 6.45) is 1.65. The maximum absolute atomic E-state index is 13.2. The number of pyridine rings is 1. The molecule has 3 aromatic rings. The van der Waals surface area contributed by atoms with Gasteiger partial charge >= 0.3 is 0 Å². The van der Waals surface area contributed by atoms with Gasteiger partial charge in [-0.2, -0.15) is 4.31 Å². The Morgan fingerprint density at radius 3 is 2.43 bits per heavy atom. The van der Waals surface area contributed by atoms with Crippen molar-refractivity contribution in [3.05, 3.63) is 76.7 Å². The number of nitrogens with zero attached hydrogens (tertiary/aromatic N) is 3. The number of sulfonamides is 1. The monoisotopic (exact) mass is 442 g/mol. The zero-order chi connectivity index (χ0) is 21.0. The van der Waals surface area contributed by atoms with E-state index in [9.17, 15) is 13.2 Å². The van der Waals surface area contributed by atoms with Gasteiger partial charge in [0.2, 0.25) is 10.0 Å². The molecule has 7 nitrogen and oxygen atoms in total. The molecule has 0 atom stereocenters. The van der Waals surface area contributed by atoms with E-state index in [0.29, 0.717) is 31.9 Å². The SMILES string of the molecule is O=C(NCc1ccccn1)c1sccc1S(=O)(=O)N1CCN(c2ccccc2)CC1. The maximum Gasteiger partial charge on any atom is 0.263 e. The number of aromatic nitrogens is 1. The Bertz CT molecular complexity index is 1090. The molecule has 1 aliphatic rings. The van der Waals surface area contributed by atoms with Gasteiger partial charge in [-0.05, 0) is 35.7 Å². The highest BCUT2D eigenvalue weighted by molar-refractivity contribution is 7.89. The van der Waals surface area contributed by atoms with Crippen molar-refractivity contribution in [2.24, 2.45) is 0 Å². The first-order valence-corrected chi connectivity index (χ1v) is 11.9. The van der Waals surface area contributed by atoms with Gasteiger partial charge in [0.1, 0.15) is 9.77 Å². The molecule has 0 unspecified atom stereocenters. The number of carbonyl (C=O) groups is 1. The highest BCUT2D eigenvalue weighted by Crippen LogP contribution is 2.27. The van der Waals surface area contributed by atoms with Crippen LogP contribution in [0.5, 0.6) is 0 Å². The van der Waals surface area contributed by atoms with Crippen molar-refractivity contribution < 1.29 is 13.2 Å². The molecule has 1 aliphatic heterocycles. The smallest absolute Gasteiger partial charge is 0.263 e. The van der Waals surface area contributed by atoms with Crippen LogP contribution in [0, 0.1) is 0 Å². The molecule has 9 heteroatoms. The third-order valence-electron chi connectivity index (χ3n) is 4.97. The van der Waals surface area contributed by atoms with Crippen LogP contribution in [0.2, 0.25) is 0 Å². The number of thiophene rings is 1. The van der Waals surface area contributed by atoms with Crippen molar-refractivity contribution >= 4 is 33.0 Å². The lowest BCUT2D eigenvalue weighted by molar-refractivity contribution is 0.0951. The molecule has 4 rings (SSSR count). The topological polar surface area (TPSA) is 82.6 Å². The molecule has 0 saturated carbocycles. The summed E-state index contributed by atoms with van der Waals surface area (Å²) in [5, 5.41) is 4.40. The maximum atomic E-state index is 13.2. The van der Waals surface area contributed by atoms with Crippen LogP contribution >= 0.6 is 11.3 Å². The second kappa shape index (κ2) is 8.95. The number of nitrogens with one attached hydrogen (secondary N) is 1. The average Bonchev–Trinajstić information content (AvgIpc) is 3.30. The van der Waals surface area contributed by atoms with Crippen molar-refractivity contribution in [2.45, 2.75) is 11.4 Å². The molecule has 1 saturated heterocycles. The molecule has 3 heterocycles. The summed E-state index contributed by atoms with van der Waals surface area (Å²) in [5.74, 6) is -0.405. The first kappa shape index (κ1) is 20.5. The molecule has 1 N–H and O–H groups in total. The summed E-state index contributed by atoms with van der Waals surface area (Å²) < 4.78 is 27.9. The van der Waals surface area contributed by atoms with E-state index in [-0.39, 0.29) is 16.3 Å². The summed E-state index contributed by atoms with van der Waals surface area (Å²) in [5.41, 5.74) is 1.79. The minimum atomic E-state index is -3.74. The minimum absolute atomic E-state index is 0.0687. The Morgan fingerprint density at radius 1 is 1.00 bits per heavy atom. The van der Waals surface area contributed by atoms with Gasteiger partial charge in [-0.1, -0.05) is 24.3 Å². The van der Waals surface area contributed by atoms with E-state index in [1.807, 2.05) is 36.4 Å². The summed E-state index contributed by atoms with van der Waals surface area (Å²) in [7, 11) is -3.74. The number of para-hydroxylation sites is 1. The van der Waals surface area contributed by atoms with Crippen molar-refractivity contribution in [2.75, 3.05) is 31.1 Å². The standard InChI is InChI=1S/C21H22N4O3S2/c26-21(23-16-17-6-4-5-10-22-17)20-19(9-15-29-20)30(27,28)25-13-11-24(12-14-25)18-7-2-1-3-8-18/h1-10,15H,11-14,16H2,(H,23,26). The number of anilines is 1. The normalized spacial score (nSPS) is 15.1. The number of rotatable bonds is 6. The molecular formula is C21H22N4O3S2. The van der Waals surface area contributed by atoms with E-state index < -0.39 is 15.9 Å². The molecule has 2 aromatic heterocycles. The molecule has 0 radical (unpaired) electrons. The Morgan fingerprint density at radius 2 is 1.73 bits per heavy atom. The van der Waals surface area contributed by atoms with Crippen LogP contribution in [0.15, 0.2) is 71.1 Å². The van der Waals surface area contributed by atoms with Crippen molar-refractivity contribution in [1.82, 2.24) is 14.6 Å². The number of hydrogen-bond donors (Lipinski definition) is 1. The fraction of sp³-hybridized carbons (Fsp3) is 0.238. The van der Waals surface area contributed by atoms with Gasteiger partial charge in [-0.25, -0.2) is 8.42 Å². The van der Waals surface area contributed by atoms with Gasteiger partial charge in [-0.3, -0.25) is 9.78 Å². The van der Waals surface area contributed by atoms with Crippen LogP contribution in [0.3, 0.4) is 0 Å². The Kier molecular flexibility index (Phi) is 6.12. The highest BCUT2D eigenvalue weighted by Gasteiger charge is 2.32. The number of hydrogen-bond acceptors (Lipinski definition) is 6. The van der Waals surface area contributed by atoms with Crippen LogP contribution in [0.1, 0.15) is 15.4 Å². The quantitative estimate of drug-likeness (QED) is 0.635. The van der Waals surface area contributed by atoms with Gasteiger partial charge < -0.3 is 10.2 Å². The fourth-order valence-corrected chi connectivity index (χ4v) is 6.12. The molecule has 1 aromatic carbocycles. The number of piperazine rings is 1. The molecular weight excluding hydrogens is 420 g/mol.